The summed E-state index contributed by atoms with van der Waals surface area (Å²) in [4.78, 5) is 12.1. The monoisotopic (exact) mass is 323 g/mol. The van der Waals surface area contributed by atoms with Crippen LogP contribution in [0.1, 0.15) is 36.1 Å². The van der Waals surface area contributed by atoms with Crippen molar-refractivity contribution >= 4 is 11.0 Å². The second kappa shape index (κ2) is 6.06. The zero-order valence-corrected chi connectivity index (χ0v) is 14.7. The molecular formula is C19H25N5. The summed E-state index contributed by atoms with van der Waals surface area (Å²) in [6.07, 6.45) is 4.57. The van der Waals surface area contributed by atoms with Gasteiger partial charge in [-0.3, -0.25) is 4.90 Å². The fourth-order valence-electron chi connectivity index (χ4n) is 3.96. The Morgan fingerprint density at radius 1 is 1.17 bits per heavy atom. The van der Waals surface area contributed by atoms with E-state index in [1.165, 1.54) is 24.2 Å². The molecule has 0 spiro atoms. The van der Waals surface area contributed by atoms with E-state index in [1.807, 2.05) is 0 Å². The van der Waals surface area contributed by atoms with Crippen molar-refractivity contribution in [3.8, 4) is 0 Å². The molecule has 3 aromatic rings. The summed E-state index contributed by atoms with van der Waals surface area (Å²) in [6.45, 7) is 5.19. The molecule has 1 aliphatic heterocycles. The molecule has 0 amide bonds. The number of aromatic nitrogens is 4. The molecule has 2 aromatic heterocycles. The average Bonchev–Trinajstić information content (AvgIpc) is 3.08. The number of hydrogen-bond acceptors (Lipinski definition) is 3. The van der Waals surface area contributed by atoms with E-state index in [9.17, 15) is 0 Å². The number of aryl methyl sites for hydroxylation is 3. The lowest BCUT2D eigenvalue weighted by atomic mass is 9.97. The van der Waals surface area contributed by atoms with Crippen LogP contribution in [0, 0.1) is 6.92 Å². The summed E-state index contributed by atoms with van der Waals surface area (Å²) >= 11 is 0. The Bertz CT molecular complexity index is 860. The van der Waals surface area contributed by atoms with Crippen LogP contribution >= 0.6 is 0 Å². The molecular weight excluding hydrogens is 298 g/mol. The molecule has 3 heterocycles. The van der Waals surface area contributed by atoms with Crippen LogP contribution in [0.25, 0.3) is 11.0 Å². The van der Waals surface area contributed by atoms with Crippen LogP contribution in [0.15, 0.2) is 30.5 Å². The quantitative estimate of drug-likeness (QED) is 0.744. The van der Waals surface area contributed by atoms with Crippen molar-refractivity contribution in [1.82, 2.24) is 24.0 Å². The first-order valence-electron chi connectivity index (χ1n) is 8.74. The molecule has 5 nitrogen and oxygen atoms in total. The van der Waals surface area contributed by atoms with Crippen LogP contribution in [-0.2, 0) is 20.6 Å². The summed E-state index contributed by atoms with van der Waals surface area (Å²) in [5, 5.41) is 0. The van der Waals surface area contributed by atoms with E-state index >= 15 is 0 Å². The van der Waals surface area contributed by atoms with Gasteiger partial charge in [-0.1, -0.05) is 12.1 Å². The number of piperidine rings is 1. The molecule has 0 unspecified atom stereocenters. The lowest BCUT2D eigenvalue weighted by Crippen LogP contribution is -2.35. The minimum Gasteiger partial charge on any atom is -0.337 e. The van der Waals surface area contributed by atoms with Gasteiger partial charge in [0, 0.05) is 32.8 Å². The molecule has 0 N–H and O–H groups in total. The van der Waals surface area contributed by atoms with Gasteiger partial charge in [-0.15, -0.1) is 0 Å². The van der Waals surface area contributed by atoms with Gasteiger partial charge in [0.25, 0.3) is 0 Å². The largest absolute Gasteiger partial charge is 0.337 e. The first-order valence-corrected chi connectivity index (χ1v) is 8.74. The molecule has 1 atom stereocenters. The molecule has 1 saturated heterocycles. The number of hydrogen-bond donors (Lipinski definition) is 0. The van der Waals surface area contributed by atoms with Crippen molar-refractivity contribution in [2.75, 3.05) is 13.1 Å². The van der Waals surface area contributed by atoms with Crippen LogP contribution in [-0.4, -0.2) is 37.1 Å². The number of likely N-dealkylation sites (tertiary alicyclic amines) is 1. The molecule has 0 radical (unpaired) electrons. The third-order valence-corrected chi connectivity index (χ3v) is 5.15. The molecule has 4 rings (SSSR count). The molecule has 126 valence electrons. The lowest BCUT2D eigenvalue weighted by Gasteiger charge is -2.32. The Kier molecular flexibility index (Phi) is 3.88. The molecule has 0 saturated carbocycles. The van der Waals surface area contributed by atoms with Crippen LogP contribution in [0.2, 0.25) is 0 Å². The molecule has 24 heavy (non-hydrogen) atoms. The van der Waals surface area contributed by atoms with E-state index in [0.29, 0.717) is 5.92 Å². The highest BCUT2D eigenvalue weighted by Crippen LogP contribution is 2.27. The van der Waals surface area contributed by atoms with E-state index in [-0.39, 0.29) is 0 Å². The zero-order chi connectivity index (χ0) is 16.7. The smallest absolute Gasteiger partial charge is 0.123 e. The summed E-state index contributed by atoms with van der Waals surface area (Å²) in [5.74, 6) is 2.89. The van der Waals surface area contributed by atoms with Crippen molar-refractivity contribution in [2.45, 2.75) is 32.2 Å². The number of para-hydroxylation sites is 2. The van der Waals surface area contributed by atoms with Gasteiger partial charge in [0.1, 0.15) is 11.6 Å². The van der Waals surface area contributed by atoms with Crippen molar-refractivity contribution < 1.29 is 0 Å². The van der Waals surface area contributed by atoms with E-state index in [0.717, 1.165) is 36.7 Å². The molecule has 0 bridgehead atoms. The van der Waals surface area contributed by atoms with Gasteiger partial charge in [-0.25, -0.2) is 9.97 Å². The summed E-state index contributed by atoms with van der Waals surface area (Å²) in [5.41, 5.74) is 3.41. The van der Waals surface area contributed by atoms with Gasteiger partial charge in [-0.05, 0) is 38.4 Å². The predicted molar refractivity (Wildman–Crippen MR) is 95.9 cm³/mol. The average molecular weight is 323 g/mol. The number of benzene rings is 1. The van der Waals surface area contributed by atoms with E-state index < -0.39 is 0 Å². The Morgan fingerprint density at radius 2 is 2.00 bits per heavy atom. The Hall–Kier alpha value is -2.14. The van der Waals surface area contributed by atoms with E-state index in [2.05, 4.69) is 65.5 Å². The van der Waals surface area contributed by atoms with Gasteiger partial charge in [0.15, 0.2) is 0 Å². The standard InChI is InChI=1S/C19H25N5/c1-14-11-22(2)19(20-14)15-7-6-10-24(12-15)13-18-21-16-8-4-5-9-17(16)23(18)3/h4-5,8-9,11,15H,6-7,10,12-13H2,1-3H3/t15-/m1/s1. The molecule has 1 fully saturated rings. The van der Waals surface area contributed by atoms with E-state index in [4.69, 9.17) is 9.97 Å². The third-order valence-electron chi connectivity index (χ3n) is 5.15. The van der Waals surface area contributed by atoms with Gasteiger partial charge >= 0.3 is 0 Å². The first-order chi connectivity index (χ1) is 11.6. The van der Waals surface area contributed by atoms with Crippen molar-refractivity contribution in [2.24, 2.45) is 14.1 Å². The SMILES string of the molecule is Cc1cn(C)c([C@@H]2CCCN(Cc3nc4ccccc4n3C)C2)n1. The number of rotatable bonds is 3. The highest BCUT2D eigenvalue weighted by Gasteiger charge is 2.25. The zero-order valence-electron chi connectivity index (χ0n) is 14.7. The molecule has 5 heteroatoms. The minimum absolute atomic E-state index is 0.520. The fraction of sp³-hybridized carbons (Fsp3) is 0.474. The molecule has 1 aromatic carbocycles. The lowest BCUT2D eigenvalue weighted by molar-refractivity contribution is 0.190. The maximum Gasteiger partial charge on any atom is 0.123 e. The van der Waals surface area contributed by atoms with Gasteiger partial charge in [-0.2, -0.15) is 0 Å². The Labute approximate surface area is 142 Å². The second-order valence-electron chi connectivity index (χ2n) is 7.00. The predicted octanol–water partition coefficient (Wildman–Crippen LogP) is 2.99. The summed E-state index contributed by atoms with van der Waals surface area (Å²) < 4.78 is 4.42. The maximum atomic E-state index is 4.83. The van der Waals surface area contributed by atoms with Crippen molar-refractivity contribution in [3.63, 3.8) is 0 Å². The van der Waals surface area contributed by atoms with Crippen LogP contribution < -0.4 is 0 Å². The first kappa shape index (κ1) is 15.4. The highest BCUT2D eigenvalue weighted by atomic mass is 15.2. The number of nitrogens with zero attached hydrogens (tertiary/aromatic N) is 5. The number of imidazole rings is 2. The fourth-order valence-corrected chi connectivity index (χ4v) is 3.96. The Balaban J connectivity index is 1.54. The summed E-state index contributed by atoms with van der Waals surface area (Å²) in [6, 6.07) is 8.36. The van der Waals surface area contributed by atoms with Crippen molar-refractivity contribution in [1.29, 1.82) is 0 Å². The normalized spacial score (nSPS) is 19.2. The molecule has 0 aliphatic carbocycles. The topological polar surface area (TPSA) is 38.9 Å². The van der Waals surface area contributed by atoms with E-state index in [1.54, 1.807) is 0 Å². The Morgan fingerprint density at radius 3 is 2.75 bits per heavy atom. The third kappa shape index (κ3) is 2.73. The second-order valence-corrected chi connectivity index (χ2v) is 7.00. The van der Waals surface area contributed by atoms with Crippen LogP contribution in [0.3, 0.4) is 0 Å². The van der Waals surface area contributed by atoms with Crippen LogP contribution in [0.5, 0.6) is 0 Å². The van der Waals surface area contributed by atoms with Crippen LogP contribution in [0.4, 0.5) is 0 Å². The van der Waals surface area contributed by atoms with Gasteiger partial charge in [0.2, 0.25) is 0 Å². The maximum absolute atomic E-state index is 4.83. The molecule has 1 aliphatic rings. The highest BCUT2D eigenvalue weighted by molar-refractivity contribution is 5.75. The van der Waals surface area contributed by atoms with Gasteiger partial charge < -0.3 is 9.13 Å². The van der Waals surface area contributed by atoms with Gasteiger partial charge in [0.05, 0.1) is 23.3 Å². The number of fused-ring (bicyclic) bond motifs is 1. The minimum atomic E-state index is 0.520. The summed E-state index contributed by atoms with van der Waals surface area (Å²) in [7, 11) is 4.23. The van der Waals surface area contributed by atoms with Crippen molar-refractivity contribution in [3.05, 3.63) is 47.8 Å².